The van der Waals surface area contributed by atoms with Crippen LogP contribution in [-0.4, -0.2) is 23.1 Å². The molecule has 0 aliphatic heterocycles. The van der Waals surface area contributed by atoms with Gasteiger partial charge in [0.1, 0.15) is 5.75 Å². The second-order valence-corrected chi connectivity index (χ2v) is 6.78. The number of rotatable bonds is 7. The van der Waals surface area contributed by atoms with Crippen LogP contribution in [0.3, 0.4) is 0 Å². The lowest BCUT2D eigenvalue weighted by atomic mass is 10.1. The van der Waals surface area contributed by atoms with Crippen molar-refractivity contribution in [2.24, 2.45) is 5.92 Å². The Kier molecular flexibility index (Phi) is 4.61. The maximum absolute atomic E-state index is 6.15. The molecule has 1 heterocycles. The van der Waals surface area contributed by atoms with E-state index in [4.69, 9.17) is 4.74 Å². The summed E-state index contributed by atoms with van der Waals surface area (Å²) in [5.74, 6) is 2.78. The van der Waals surface area contributed by atoms with E-state index in [-0.39, 0.29) is 0 Å². The van der Waals surface area contributed by atoms with Gasteiger partial charge in [0.05, 0.1) is 0 Å². The van der Waals surface area contributed by atoms with Gasteiger partial charge in [-0.2, -0.15) is 4.98 Å². The van der Waals surface area contributed by atoms with Crippen molar-refractivity contribution in [3.63, 3.8) is 0 Å². The molecular weight excluding hydrogens is 324 g/mol. The van der Waals surface area contributed by atoms with E-state index in [0.717, 1.165) is 46.9 Å². The first-order valence-corrected chi connectivity index (χ1v) is 9.26. The third-order valence-electron chi connectivity index (χ3n) is 4.54. The van der Waals surface area contributed by atoms with Crippen molar-refractivity contribution in [1.82, 2.24) is 9.97 Å². The summed E-state index contributed by atoms with van der Waals surface area (Å²) in [5.41, 5.74) is 2.00. The number of nitrogens with one attached hydrogen (secondary N) is 2. The Hall–Kier alpha value is -2.82. The molecule has 5 heteroatoms. The van der Waals surface area contributed by atoms with Gasteiger partial charge in [0, 0.05) is 41.3 Å². The maximum Gasteiger partial charge on any atom is 0.226 e. The van der Waals surface area contributed by atoms with E-state index in [1.165, 1.54) is 12.8 Å². The third-order valence-corrected chi connectivity index (χ3v) is 4.54. The molecule has 1 aliphatic carbocycles. The average molecular weight is 348 g/mol. The van der Waals surface area contributed by atoms with Gasteiger partial charge in [-0.05, 0) is 44.7 Å². The summed E-state index contributed by atoms with van der Waals surface area (Å²) >= 11 is 0. The first kappa shape index (κ1) is 16.6. The van der Waals surface area contributed by atoms with E-state index in [1.54, 1.807) is 0 Å². The van der Waals surface area contributed by atoms with Gasteiger partial charge in [0.15, 0.2) is 0 Å². The maximum atomic E-state index is 6.15. The molecule has 0 saturated heterocycles. The number of anilines is 2. The molecule has 1 saturated carbocycles. The van der Waals surface area contributed by atoms with Crippen LogP contribution < -0.4 is 15.4 Å². The van der Waals surface area contributed by atoms with Crippen LogP contribution in [0.25, 0.3) is 10.8 Å². The molecule has 134 valence electrons. The summed E-state index contributed by atoms with van der Waals surface area (Å²) in [4.78, 5) is 9.00. The Morgan fingerprint density at radius 3 is 2.62 bits per heavy atom. The van der Waals surface area contributed by atoms with E-state index in [1.807, 2.05) is 31.2 Å². The van der Waals surface area contributed by atoms with E-state index in [2.05, 4.69) is 45.7 Å². The molecule has 2 aromatic carbocycles. The molecule has 0 spiro atoms. The van der Waals surface area contributed by atoms with Crippen LogP contribution >= 0.6 is 0 Å². The van der Waals surface area contributed by atoms with E-state index < -0.39 is 0 Å². The fraction of sp³-hybridized carbons (Fsp3) is 0.333. The van der Waals surface area contributed by atoms with Crippen LogP contribution in [0, 0.1) is 12.8 Å². The molecule has 2 N–H and O–H groups in total. The first-order valence-electron chi connectivity index (χ1n) is 9.26. The molecule has 3 aromatic rings. The highest BCUT2D eigenvalue weighted by atomic mass is 16.5. The van der Waals surface area contributed by atoms with Gasteiger partial charge >= 0.3 is 0 Å². The minimum absolute atomic E-state index is 0.567. The van der Waals surface area contributed by atoms with Crippen molar-refractivity contribution in [2.75, 3.05) is 23.7 Å². The number of aryl methyl sites for hydroxylation is 1. The molecule has 1 aliphatic rings. The average Bonchev–Trinajstić information content (AvgIpc) is 3.46. The summed E-state index contributed by atoms with van der Waals surface area (Å²) in [6, 6.07) is 14.2. The Balaban J connectivity index is 1.63. The number of ether oxygens (including phenoxy) is 1. The van der Waals surface area contributed by atoms with Crippen LogP contribution in [0.4, 0.5) is 11.6 Å². The van der Waals surface area contributed by atoms with E-state index in [9.17, 15) is 0 Å². The zero-order valence-corrected chi connectivity index (χ0v) is 15.2. The van der Waals surface area contributed by atoms with Gasteiger partial charge in [-0.3, -0.25) is 0 Å². The van der Waals surface area contributed by atoms with E-state index >= 15 is 0 Å². The summed E-state index contributed by atoms with van der Waals surface area (Å²) in [6.07, 6.45) is 2.60. The van der Waals surface area contributed by atoms with Gasteiger partial charge < -0.3 is 15.4 Å². The monoisotopic (exact) mass is 348 g/mol. The Bertz CT molecular complexity index is 921. The fourth-order valence-corrected chi connectivity index (χ4v) is 3.05. The molecule has 0 atom stereocenters. The van der Waals surface area contributed by atoms with Crippen molar-refractivity contribution in [3.05, 3.63) is 48.2 Å². The highest BCUT2D eigenvalue weighted by molar-refractivity contribution is 5.98. The van der Waals surface area contributed by atoms with Crippen molar-refractivity contribution >= 4 is 22.4 Å². The lowest BCUT2D eigenvalue weighted by Gasteiger charge is -2.13. The number of fused-ring (bicyclic) bond motifs is 1. The number of aromatic nitrogens is 2. The quantitative estimate of drug-likeness (QED) is 0.630. The number of nitrogens with zero attached hydrogens (tertiary/aromatic N) is 2. The second-order valence-electron chi connectivity index (χ2n) is 6.78. The fourth-order valence-electron chi connectivity index (χ4n) is 3.05. The zero-order chi connectivity index (χ0) is 17.9. The lowest BCUT2D eigenvalue weighted by molar-refractivity contribution is 0.467. The predicted octanol–water partition coefficient (Wildman–Crippen LogP) is 4.98. The van der Waals surface area contributed by atoms with Crippen molar-refractivity contribution in [1.29, 1.82) is 0 Å². The second kappa shape index (κ2) is 7.20. The SMILES string of the molecule is CCNc1ccc(Oc2cc(C)nc(NCC3CC3)n2)c2ccccc12. The van der Waals surface area contributed by atoms with Crippen LogP contribution in [-0.2, 0) is 0 Å². The van der Waals surface area contributed by atoms with Crippen LogP contribution in [0.2, 0.25) is 0 Å². The highest BCUT2D eigenvalue weighted by Gasteiger charge is 2.21. The Morgan fingerprint density at radius 2 is 1.85 bits per heavy atom. The molecule has 0 bridgehead atoms. The molecule has 1 aromatic heterocycles. The predicted molar refractivity (Wildman–Crippen MR) is 106 cm³/mol. The van der Waals surface area contributed by atoms with Crippen molar-refractivity contribution in [2.45, 2.75) is 26.7 Å². The van der Waals surface area contributed by atoms with Gasteiger partial charge in [-0.1, -0.05) is 24.3 Å². The zero-order valence-electron chi connectivity index (χ0n) is 15.2. The Labute approximate surface area is 153 Å². The number of hydrogen-bond acceptors (Lipinski definition) is 5. The minimum Gasteiger partial charge on any atom is -0.438 e. The molecule has 1 fully saturated rings. The van der Waals surface area contributed by atoms with Gasteiger partial charge in [-0.25, -0.2) is 4.98 Å². The standard InChI is InChI=1S/C21H24N4O/c1-3-22-18-10-11-19(17-7-5-4-6-16(17)18)26-20-12-14(2)24-21(25-20)23-13-15-8-9-15/h4-7,10-12,15,22H,3,8-9,13H2,1-2H3,(H,23,24,25). The summed E-state index contributed by atoms with van der Waals surface area (Å²) < 4.78 is 6.15. The summed E-state index contributed by atoms with van der Waals surface area (Å²) in [5, 5.41) is 8.93. The molecule has 0 unspecified atom stereocenters. The molecule has 4 rings (SSSR count). The van der Waals surface area contributed by atoms with Gasteiger partial charge in [0.25, 0.3) is 0 Å². The summed E-state index contributed by atoms with van der Waals surface area (Å²) in [7, 11) is 0. The normalized spacial score (nSPS) is 13.6. The first-order chi connectivity index (χ1) is 12.7. The Morgan fingerprint density at radius 1 is 1.04 bits per heavy atom. The lowest BCUT2D eigenvalue weighted by Crippen LogP contribution is -2.08. The van der Waals surface area contributed by atoms with Gasteiger partial charge in [-0.15, -0.1) is 0 Å². The van der Waals surface area contributed by atoms with Crippen LogP contribution in [0.1, 0.15) is 25.5 Å². The van der Waals surface area contributed by atoms with Gasteiger partial charge in [0.2, 0.25) is 11.8 Å². The molecule has 26 heavy (non-hydrogen) atoms. The smallest absolute Gasteiger partial charge is 0.226 e. The van der Waals surface area contributed by atoms with E-state index in [0.29, 0.717) is 11.8 Å². The number of benzene rings is 2. The summed E-state index contributed by atoms with van der Waals surface area (Å²) in [6.45, 7) is 5.87. The highest BCUT2D eigenvalue weighted by Crippen LogP contribution is 2.34. The minimum atomic E-state index is 0.567. The molecule has 0 amide bonds. The van der Waals surface area contributed by atoms with Crippen molar-refractivity contribution in [3.8, 4) is 11.6 Å². The largest absolute Gasteiger partial charge is 0.438 e. The van der Waals surface area contributed by atoms with Crippen LogP contribution in [0.5, 0.6) is 11.6 Å². The topological polar surface area (TPSA) is 59.1 Å². The van der Waals surface area contributed by atoms with Crippen molar-refractivity contribution < 1.29 is 4.74 Å². The molecule has 0 radical (unpaired) electrons. The molecular formula is C21H24N4O. The third kappa shape index (κ3) is 3.72. The number of hydrogen-bond donors (Lipinski definition) is 2. The van der Waals surface area contributed by atoms with Crippen LogP contribution in [0.15, 0.2) is 42.5 Å². The molecule has 5 nitrogen and oxygen atoms in total.